The molecule has 1 aromatic heterocycles. The zero-order valence-electron chi connectivity index (χ0n) is 10.7. The lowest BCUT2D eigenvalue weighted by Gasteiger charge is -2.05. The maximum absolute atomic E-state index is 11.8. The number of alkyl halides is 1. The van der Waals surface area contributed by atoms with E-state index in [1.165, 1.54) is 5.56 Å². The number of aryl methyl sites for hydroxylation is 2. The van der Waals surface area contributed by atoms with E-state index in [1.807, 2.05) is 45.0 Å². The van der Waals surface area contributed by atoms with Gasteiger partial charge in [-0.3, -0.25) is 4.79 Å². The van der Waals surface area contributed by atoms with Gasteiger partial charge in [-0.25, -0.2) is 4.68 Å². The monoisotopic (exact) mass is 262 g/mol. The minimum atomic E-state index is -0.0787. The molecule has 94 valence electrons. The Bertz CT molecular complexity index is 585. The standard InChI is InChI=1S/C14H15ClN2O/c1-9-4-6-12(7-5-9)17-11(3)14(10(2)16-17)13(18)8-15/h4-7H,8H2,1-3H3. The molecule has 0 saturated carbocycles. The molecular formula is C14H15ClN2O. The molecule has 18 heavy (non-hydrogen) atoms. The summed E-state index contributed by atoms with van der Waals surface area (Å²) in [4.78, 5) is 11.8. The third kappa shape index (κ3) is 2.18. The number of aromatic nitrogens is 2. The van der Waals surface area contributed by atoms with Crippen LogP contribution in [0.2, 0.25) is 0 Å². The van der Waals surface area contributed by atoms with Gasteiger partial charge in [-0.2, -0.15) is 5.10 Å². The summed E-state index contributed by atoms with van der Waals surface area (Å²) in [5, 5.41) is 4.42. The molecule has 1 aromatic carbocycles. The smallest absolute Gasteiger partial charge is 0.181 e. The van der Waals surface area contributed by atoms with Gasteiger partial charge >= 0.3 is 0 Å². The summed E-state index contributed by atoms with van der Waals surface area (Å²) < 4.78 is 1.79. The van der Waals surface area contributed by atoms with Gasteiger partial charge in [0.25, 0.3) is 0 Å². The van der Waals surface area contributed by atoms with Crippen LogP contribution in [0.5, 0.6) is 0 Å². The summed E-state index contributed by atoms with van der Waals surface area (Å²) in [7, 11) is 0. The summed E-state index contributed by atoms with van der Waals surface area (Å²) in [5.74, 6) is -0.0913. The highest BCUT2D eigenvalue weighted by atomic mass is 35.5. The van der Waals surface area contributed by atoms with Crippen LogP contribution in [-0.2, 0) is 0 Å². The first-order valence-corrected chi connectivity index (χ1v) is 6.30. The third-order valence-electron chi connectivity index (χ3n) is 2.97. The zero-order valence-corrected chi connectivity index (χ0v) is 11.5. The number of nitrogens with zero attached hydrogens (tertiary/aromatic N) is 2. The fraction of sp³-hybridized carbons (Fsp3) is 0.286. The number of hydrogen-bond donors (Lipinski definition) is 0. The summed E-state index contributed by atoms with van der Waals surface area (Å²) in [5.41, 5.74) is 4.33. The first-order valence-electron chi connectivity index (χ1n) is 5.77. The van der Waals surface area contributed by atoms with Gasteiger partial charge in [0.05, 0.1) is 28.5 Å². The number of benzene rings is 1. The number of carbonyl (C=O) groups is 1. The van der Waals surface area contributed by atoms with Gasteiger partial charge < -0.3 is 0 Å². The van der Waals surface area contributed by atoms with Crippen molar-refractivity contribution in [2.45, 2.75) is 20.8 Å². The van der Waals surface area contributed by atoms with Gasteiger partial charge in [0.2, 0.25) is 0 Å². The molecule has 0 bridgehead atoms. The molecule has 0 radical (unpaired) electrons. The molecule has 0 aliphatic heterocycles. The van der Waals surface area contributed by atoms with Gasteiger partial charge in [-0.05, 0) is 32.9 Å². The van der Waals surface area contributed by atoms with Crippen LogP contribution >= 0.6 is 11.6 Å². The van der Waals surface area contributed by atoms with E-state index < -0.39 is 0 Å². The molecule has 0 unspecified atom stereocenters. The first-order chi connectivity index (χ1) is 8.54. The first kappa shape index (κ1) is 12.8. The van der Waals surface area contributed by atoms with Crippen molar-refractivity contribution in [2.75, 3.05) is 5.88 Å². The van der Waals surface area contributed by atoms with Crippen LogP contribution in [-0.4, -0.2) is 21.4 Å². The minimum absolute atomic E-state index is 0.0126. The number of rotatable bonds is 3. The maximum Gasteiger partial charge on any atom is 0.181 e. The third-order valence-corrected chi connectivity index (χ3v) is 3.21. The van der Waals surface area contributed by atoms with E-state index in [9.17, 15) is 4.79 Å². The van der Waals surface area contributed by atoms with Crippen LogP contribution in [0.4, 0.5) is 0 Å². The Morgan fingerprint density at radius 3 is 2.39 bits per heavy atom. The molecule has 0 atom stereocenters. The van der Waals surface area contributed by atoms with Crippen LogP contribution < -0.4 is 0 Å². The number of carbonyl (C=O) groups excluding carboxylic acids is 1. The average Bonchev–Trinajstić information content (AvgIpc) is 2.65. The Morgan fingerprint density at radius 1 is 1.22 bits per heavy atom. The van der Waals surface area contributed by atoms with E-state index in [-0.39, 0.29) is 11.7 Å². The molecule has 0 amide bonds. The van der Waals surface area contributed by atoms with Crippen molar-refractivity contribution < 1.29 is 4.79 Å². The second kappa shape index (κ2) is 4.94. The molecule has 0 aliphatic rings. The molecule has 0 spiro atoms. The van der Waals surface area contributed by atoms with E-state index in [4.69, 9.17) is 11.6 Å². The molecule has 3 nitrogen and oxygen atoms in total. The van der Waals surface area contributed by atoms with Crippen molar-refractivity contribution in [3.63, 3.8) is 0 Å². The fourth-order valence-electron chi connectivity index (χ4n) is 2.05. The summed E-state index contributed by atoms with van der Waals surface area (Å²) in [6.45, 7) is 5.75. The van der Waals surface area contributed by atoms with Crippen molar-refractivity contribution >= 4 is 17.4 Å². The molecule has 1 heterocycles. The van der Waals surface area contributed by atoms with E-state index in [0.717, 1.165) is 17.1 Å². The van der Waals surface area contributed by atoms with Crippen molar-refractivity contribution in [1.82, 2.24) is 9.78 Å². The second-order valence-electron chi connectivity index (χ2n) is 4.35. The van der Waals surface area contributed by atoms with Crippen LogP contribution in [0.3, 0.4) is 0 Å². The largest absolute Gasteiger partial charge is 0.293 e. The Hall–Kier alpha value is -1.61. The Balaban J connectivity index is 2.53. The quantitative estimate of drug-likeness (QED) is 0.629. The number of halogens is 1. The van der Waals surface area contributed by atoms with Crippen molar-refractivity contribution in [3.8, 4) is 5.69 Å². The van der Waals surface area contributed by atoms with Crippen LogP contribution in [0.25, 0.3) is 5.69 Å². The molecule has 0 fully saturated rings. The summed E-state index contributed by atoms with van der Waals surface area (Å²) in [6.07, 6.45) is 0. The lowest BCUT2D eigenvalue weighted by molar-refractivity contribution is 0.102. The van der Waals surface area contributed by atoms with Gasteiger partial charge in [-0.15, -0.1) is 11.6 Å². The van der Waals surface area contributed by atoms with Crippen LogP contribution in [0, 0.1) is 20.8 Å². The predicted octanol–water partition coefficient (Wildman–Crippen LogP) is 3.22. The van der Waals surface area contributed by atoms with E-state index in [1.54, 1.807) is 4.68 Å². The van der Waals surface area contributed by atoms with Crippen LogP contribution in [0.15, 0.2) is 24.3 Å². The lowest BCUT2D eigenvalue weighted by atomic mass is 10.1. The van der Waals surface area contributed by atoms with Gasteiger partial charge in [0.1, 0.15) is 0 Å². The van der Waals surface area contributed by atoms with Gasteiger partial charge in [0, 0.05) is 0 Å². The van der Waals surface area contributed by atoms with Crippen molar-refractivity contribution in [2.24, 2.45) is 0 Å². The van der Waals surface area contributed by atoms with E-state index in [2.05, 4.69) is 5.10 Å². The maximum atomic E-state index is 11.8. The molecule has 0 N–H and O–H groups in total. The highest BCUT2D eigenvalue weighted by molar-refractivity contribution is 6.30. The fourth-order valence-corrected chi connectivity index (χ4v) is 2.18. The van der Waals surface area contributed by atoms with Crippen molar-refractivity contribution in [1.29, 1.82) is 0 Å². The highest BCUT2D eigenvalue weighted by Crippen LogP contribution is 2.19. The van der Waals surface area contributed by atoms with E-state index >= 15 is 0 Å². The van der Waals surface area contributed by atoms with Gasteiger partial charge in [-0.1, -0.05) is 17.7 Å². The topological polar surface area (TPSA) is 34.9 Å². The molecule has 2 rings (SSSR count). The van der Waals surface area contributed by atoms with Crippen molar-refractivity contribution in [3.05, 3.63) is 46.8 Å². The average molecular weight is 263 g/mol. The lowest BCUT2D eigenvalue weighted by Crippen LogP contribution is -2.04. The number of hydrogen-bond acceptors (Lipinski definition) is 2. The Labute approximate surface area is 111 Å². The SMILES string of the molecule is Cc1ccc(-n2nc(C)c(C(=O)CCl)c2C)cc1. The number of Topliss-reactive ketones (excluding diaryl/α,β-unsaturated/α-hetero) is 1. The Morgan fingerprint density at radius 2 is 1.83 bits per heavy atom. The van der Waals surface area contributed by atoms with E-state index in [0.29, 0.717) is 5.56 Å². The zero-order chi connectivity index (χ0) is 13.3. The molecule has 0 aliphatic carbocycles. The normalized spacial score (nSPS) is 10.7. The second-order valence-corrected chi connectivity index (χ2v) is 4.62. The van der Waals surface area contributed by atoms with Crippen LogP contribution in [0.1, 0.15) is 27.3 Å². The summed E-state index contributed by atoms with van der Waals surface area (Å²) in [6, 6.07) is 8.02. The minimum Gasteiger partial charge on any atom is -0.293 e. The molecule has 4 heteroatoms. The molecule has 0 saturated heterocycles. The highest BCUT2D eigenvalue weighted by Gasteiger charge is 2.18. The molecule has 2 aromatic rings. The van der Waals surface area contributed by atoms with Gasteiger partial charge in [0.15, 0.2) is 5.78 Å². The summed E-state index contributed by atoms with van der Waals surface area (Å²) >= 11 is 5.62. The molecular weight excluding hydrogens is 248 g/mol. The number of ketones is 1. The predicted molar refractivity (Wildman–Crippen MR) is 72.8 cm³/mol. The Kier molecular flexibility index (Phi) is 3.53.